The molecule has 0 spiro atoms. The van der Waals surface area contributed by atoms with Gasteiger partial charge in [0.2, 0.25) is 0 Å². The third kappa shape index (κ3) is 6.41. The van der Waals surface area contributed by atoms with Crippen molar-refractivity contribution in [1.82, 2.24) is 0 Å². The maximum atomic E-state index is 4.92. The van der Waals surface area contributed by atoms with Crippen molar-refractivity contribution in [1.29, 1.82) is 0 Å². The molecule has 2 aromatic rings. The first-order valence-corrected chi connectivity index (χ1v) is 8.42. The summed E-state index contributed by atoms with van der Waals surface area (Å²) in [6.07, 6.45) is 0.960. The summed E-state index contributed by atoms with van der Waals surface area (Å²) in [5, 5.41) is 9.85. The summed E-state index contributed by atoms with van der Waals surface area (Å²) in [6, 6.07) is 13.2. The van der Waals surface area contributed by atoms with Crippen LogP contribution in [0.15, 0.2) is 36.4 Å². The molecule has 0 aliphatic heterocycles. The monoisotopic (exact) mass is 386 g/mol. The van der Waals surface area contributed by atoms with Crippen LogP contribution in [0.4, 0.5) is 11.4 Å². The standard InChI is InChI=1S/C21H28N2.CH3.Cu/c1-14-9-7-10-15(2)20(14)22-18(5)13-19(6)23-21-16(3)11-8-12-17(21)4;;/h7-12,18-19H,13H2,1-6H3;1H3;/q-2;-1;. The van der Waals surface area contributed by atoms with E-state index in [4.69, 9.17) is 10.6 Å². The third-order valence-electron chi connectivity index (χ3n) is 4.26. The normalized spacial score (nSPS) is 12.4. The van der Waals surface area contributed by atoms with Crippen LogP contribution in [0.3, 0.4) is 0 Å². The molecule has 0 aliphatic carbocycles. The second-order valence-electron chi connectivity index (χ2n) is 6.67. The zero-order valence-electron chi connectivity index (χ0n) is 16.5. The molecule has 0 fully saturated rings. The number of nitrogens with zero attached hydrogens (tertiary/aromatic N) is 2. The first-order chi connectivity index (χ1) is 10.9. The van der Waals surface area contributed by atoms with Crippen molar-refractivity contribution in [3.05, 3.63) is 76.7 Å². The maximum Gasteiger partial charge on any atom is 0 e. The molecule has 25 heavy (non-hydrogen) atoms. The Morgan fingerprint density at radius 2 is 0.960 bits per heavy atom. The second-order valence-corrected chi connectivity index (χ2v) is 6.67. The fraction of sp³-hybridized carbons (Fsp3) is 0.409. The Morgan fingerprint density at radius 1 is 0.680 bits per heavy atom. The van der Waals surface area contributed by atoms with Crippen molar-refractivity contribution in [3.63, 3.8) is 0 Å². The molecule has 0 saturated carbocycles. The summed E-state index contributed by atoms with van der Waals surface area (Å²) < 4.78 is 0. The van der Waals surface area contributed by atoms with Crippen LogP contribution in [-0.2, 0) is 17.1 Å². The van der Waals surface area contributed by atoms with Crippen LogP contribution >= 0.6 is 0 Å². The van der Waals surface area contributed by atoms with Crippen LogP contribution in [-0.4, -0.2) is 12.1 Å². The van der Waals surface area contributed by atoms with E-state index >= 15 is 0 Å². The Balaban J connectivity index is 0.00000288. The number of rotatable bonds is 6. The van der Waals surface area contributed by atoms with Gasteiger partial charge in [0.1, 0.15) is 0 Å². The minimum absolute atomic E-state index is 0. The summed E-state index contributed by atoms with van der Waals surface area (Å²) in [4.78, 5) is 0. The van der Waals surface area contributed by atoms with Crippen LogP contribution in [0, 0.1) is 35.1 Å². The third-order valence-corrected chi connectivity index (χ3v) is 4.26. The Morgan fingerprint density at radius 3 is 1.24 bits per heavy atom. The average molecular weight is 387 g/mol. The number of para-hydroxylation sites is 2. The number of hydrogen-bond acceptors (Lipinski definition) is 0. The van der Waals surface area contributed by atoms with Gasteiger partial charge in [-0.05, 0) is 27.7 Å². The van der Waals surface area contributed by atoms with Crippen molar-refractivity contribution in [3.8, 4) is 0 Å². The zero-order chi connectivity index (χ0) is 17.0. The van der Waals surface area contributed by atoms with Gasteiger partial charge in [0.15, 0.2) is 0 Å². The average Bonchev–Trinajstić information content (AvgIpc) is 2.47. The molecule has 2 nitrogen and oxygen atoms in total. The van der Waals surface area contributed by atoms with Crippen molar-refractivity contribution in [2.45, 2.75) is 60.0 Å². The van der Waals surface area contributed by atoms with Crippen LogP contribution in [0.2, 0.25) is 0 Å². The van der Waals surface area contributed by atoms with Gasteiger partial charge in [-0.25, -0.2) is 0 Å². The van der Waals surface area contributed by atoms with E-state index in [2.05, 4.69) is 77.9 Å². The van der Waals surface area contributed by atoms with E-state index in [1.165, 1.54) is 22.3 Å². The van der Waals surface area contributed by atoms with Crippen molar-refractivity contribution in [2.75, 3.05) is 0 Å². The van der Waals surface area contributed by atoms with Gasteiger partial charge in [0.05, 0.1) is 0 Å². The fourth-order valence-corrected chi connectivity index (χ4v) is 3.06. The first-order valence-electron chi connectivity index (χ1n) is 8.42. The van der Waals surface area contributed by atoms with Crippen LogP contribution in [0.1, 0.15) is 42.5 Å². The molecule has 0 N–H and O–H groups in total. The number of hydrogen-bond donors (Lipinski definition) is 0. The molecule has 2 atom stereocenters. The van der Waals surface area contributed by atoms with E-state index in [1.54, 1.807) is 0 Å². The smallest absolute Gasteiger partial charge is 0 e. The van der Waals surface area contributed by atoms with Gasteiger partial charge in [-0.2, -0.15) is 0 Å². The Bertz CT molecular complexity index is 569. The van der Waals surface area contributed by atoms with Gasteiger partial charge in [0, 0.05) is 17.1 Å². The molecule has 2 unspecified atom stereocenters. The van der Waals surface area contributed by atoms with Crippen LogP contribution in [0.5, 0.6) is 0 Å². The van der Waals surface area contributed by atoms with Gasteiger partial charge in [-0.15, -0.1) is 23.5 Å². The van der Waals surface area contributed by atoms with Gasteiger partial charge < -0.3 is 18.1 Å². The summed E-state index contributed by atoms with van der Waals surface area (Å²) in [7, 11) is 0. The molecule has 3 heteroatoms. The van der Waals surface area contributed by atoms with Gasteiger partial charge in [-0.3, -0.25) is 0 Å². The van der Waals surface area contributed by atoms with Gasteiger partial charge >= 0.3 is 0 Å². The molecule has 0 saturated heterocycles. The summed E-state index contributed by atoms with van der Waals surface area (Å²) >= 11 is 0. The van der Waals surface area contributed by atoms with Crippen LogP contribution < -0.4 is 0 Å². The molecule has 2 rings (SSSR count). The van der Waals surface area contributed by atoms with E-state index in [9.17, 15) is 0 Å². The molecule has 0 heterocycles. The summed E-state index contributed by atoms with van der Waals surface area (Å²) in [5.74, 6) is 0. The minimum Gasteiger partial charge on any atom is -0.681 e. The molecular formula is C22H31CuN2-3. The zero-order valence-corrected chi connectivity index (χ0v) is 17.5. The van der Waals surface area contributed by atoms with E-state index in [-0.39, 0.29) is 36.6 Å². The molecule has 1 radical (unpaired) electrons. The molecule has 0 amide bonds. The largest absolute Gasteiger partial charge is 0.681 e. The van der Waals surface area contributed by atoms with Gasteiger partial charge in [0.25, 0.3) is 0 Å². The predicted octanol–water partition coefficient (Wildman–Crippen LogP) is 7.25. The van der Waals surface area contributed by atoms with E-state index in [1.807, 2.05) is 0 Å². The van der Waals surface area contributed by atoms with Crippen LogP contribution in [0.25, 0.3) is 10.6 Å². The molecule has 0 aromatic heterocycles. The molecule has 0 aliphatic rings. The Kier molecular flexibility index (Phi) is 9.92. The first kappa shape index (κ1) is 23.6. The van der Waals surface area contributed by atoms with E-state index in [0.717, 1.165) is 17.8 Å². The quantitative estimate of drug-likeness (QED) is 0.369. The number of aryl methyl sites for hydroxylation is 4. The Labute approximate surface area is 165 Å². The van der Waals surface area contributed by atoms with Crippen molar-refractivity contribution < 1.29 is 17.1 Å². The topological polar surface area (TPSA) is 28.2 Å². The van der Waals surface area contributed by atoms with Crippen molar-refractivity contribution >= 4 is 11.4 Å². The fourth-order valence-electron chi connectivity index (χ4n) is 3.06. The minimum atomic E-state index is 0. The molecular weight excluding hydrogens is 356 g/mol. The van der Waals surface area contributed by atoms with E-state index in [0.29, 0.717) is 0 Å². The van der Waals surface area contributed by atoms with Crippen molar-refractivity contribution in [2.24, 2.45) is 0 Å². The second kappa shape index (κ2) is 10.5. The molecule has 2 aromatic carbocycles. The predicted molar refractivity (Wildman–Crippen MR) is 108 cm³/mol. The number of benzene rings is 2. The van der Waals surface area contributed by atoms with Gasteiger partial charge in [-0.1, -0.05) is 78.9 Å². The van der Waals surface area contributed by atoms with E-state index < -0.39 is 0 Å². The molecule has 143 valence electrons. The maximum absolute atomic E-state index is 4.92. The summed E-state index contributed by atoms with van der Waals surface area (Å²) in [5.41, 5.74) is 7.26. The molecule has 0 bridgehead atoms. The Hall–Kier alpha value is -1.44. The SMILES string of the molecule is Cc1cccc(C)c1[N-]C(C)CC(C)[N-]c1c(C)cccc1C.[CH3-].[Cu]. The summed E-state index contributed by atoms with van der Waals surface area (Å²) in [6.45, 7) is 12.9.